The Morgan fingerprint density at radius 2 is 1.75 bits per heavy atom. The topological polar surface area (TPSA) is 63.4 Å². The molecule has 0 unspecified atom stereocenters. The molecule has 108 valence electrons. The molecule has 1 heterocycles. The van der Waals surface area contributed by atoms with Crippen LogP contribution in [0.3, 0.4) is 0 Å². The summed E-state index contributed by atoms with van der Waals surface area (Å²) >= 11 is 3.19. The Hall–Kier alpha value is -1.43. The van der Waals surface area contributed by atoms with E-state index in [1.165, 1.54) is 12.5 Å². The van der Waals surface area contributed by atoms with E-state index in [2.05, 4.69) is 15.9 Å². The van der Waals surface area contributed by atoms with Crippen LogP contribution in [0.25, 0.3) is 0 Å². The van der Waals surface area contributed by atoms with Crippen molar-refractivity contribution in [2.45, 2.75) is 32.1 Å². The summed E-state index contributed by atoms with van der Waals surface area (Å²) in [4.78, 5) is 24.8. The molecule has 1 aromatic rings. The second-order valence-corrected chi connectivity index (χ2v) is 5.75. The standard InChI is InChI=1S/C14H17BrN2O3/c15-13-11(7-6-8-12(13)17(19)20)14(18)16-9-4-2-1-3-5-10-16/h6-8H,1-5,9-10H2. The molecule has 0 aliphatic carbocycles. The Kier molecular flexibility index (Phi) is 5.11. The molecule has 0 aromatic heterocycles. The minimum absolute atomic E-state index is 0.0668. The lowest BCUT2D eigenvalue weighted by Gasteiger charge is -2.25. The highest BCUT2D eigenvalue weighted by molar-refractivity contribution is 9.10. The summed E-state index contributed by atoms with van der Waals surface area (Å²) in [6.45, 7) is 1.46. The molecule has 0 bridgehead atoms. The number of carbonyl (C=O) groups excluding carboxylic acids is 1. The van der Waals surface area contributed by atoms with E-state index in [1.54, 1.807) is 12.1 Å². The van der Waals surface area contributed by atoms with Crippen LogP contribution in [-0.4, -0.2) is 28.8 Å². The van der Waals surface area contributed by atoms with E-state index in [4.69, 9.17) is 0 Å². The van der Waals surface area contributed by atoms with E-state index in [0.29, 0.717) is 5.56 Å². The third kappa shape index (κ3) is 3.36. The van der Waals surface area contributed by atoms with Crippen LogP contribution in [-0.2, 0) is 0 Å². The smallest absolute Gasteiger partial charge is 0.284 e. The zero-order chi connectivity index (χ0) is 14.5. The zero-order valence-corrected chi connectivity index (χ0v) is 12.8. The summed E-state index contributed by atoms with van der Waals surface area (Å²) in [6, 6.07) is 4.59. The molecule has 1 aliphatic rings. The van der Waals surface area contributed by atoms with Crippen molar-refractivity contribution in [2.24, 2.45) is 0 Å². The largest absolute Gasteiger partial charge is 0.339 e. The van der Waals surface area contributed by atoms with Crippen LogP contribution in [0.4, 0.5) is 5.69 Å². The number of hydrogen-bond donors (Lipinski definition) is 0. The Bertz CT molecular complexity index is 511. The van der Waals surface area contributed by atoms with Gasteiger partial charge >= 0.3 is 0 Å². The van der Waals surface area contributed by atoms with E-state index >= 15 is 0 Å². The molecule has 1 aliphatic heterocycles. The van der Waals surface area contributed by atoms with E-state index in [0.717, 1.165) is 38.8 Å². The van der Waals surface area contributed by atoms with Crippen molar-refractivity contribution in [3.63, 3.8) is 0 Å². The highest BCUT2D eigenvalue weighted by Gasteiger charge is 2.23. The number of nitro benzene ring substituents is 1. The summed E-state index contributed by atoms with van der Waals surface area (Å²) in [7, 11) is 0. The second kappa shape index (κ2) is 6.83. The Morgan fingerprint density at radius 1 is 1.15 bits per heavy atom. The van der Waals surface area contributed by atoms with Gasteiger partial charge in [-0.05, 0) is 34.8 Å². The molecule has 0 atom stereocenters. The van der Waals surface area contributed by atoms with Gasteiger partial charge in [0.2, 0.25) is 0 Å². The molecule has 0 radical (unpaired) electrons. The fourth-order valence-electron chi connectivity index (χ4n) is 2.45. The molecule has 1 fully saturated rings. The molecule has 5 nitrogen and oxygen atoms in total. The van der Waals surface area contributed by atoms with Crippen molar-refractivity contribution in [1.29, 1.82) is 0 Å². The number of rotatable bonds is 2. The Morgan fingerprint density at radius 3 is 2.35 bits per heavy atom. The average Bonchev–Trinajstić information content (AvgIpc) is 2.37. The van der Waals surface area contributed by atoms with Crippen molar-refractivity contribution in [1.82, 2.24) is 4.90 Å². The maximum Gasteiger partial charge on any atom is 0.284 e. The SMILES string of the molecule is O=C(c1cccc([N+](=O)[O-])c1Br)N1CCCCCCC1. The number of nitrogens with zero attached hydrogens (tertiary/aromatic N) is 2. The van der Waals surface area contributed by atoms with Gasteiger partial charge in [-0.15, -0.1) is 0 Å². The number of halogens is 1. The summed E-state index contributed by atoms with van der Waals surface area (Å²) in [6.07, 6.45) is 5.50. The van der Waals surface area contributed by atoms with Gasteiger partial charge in [0.1, 0.15) is 4.47 Å². The molecular formula is C14H17BrN2O3. The van der Waals surface area contributed by atoms with Crippen molar-refractivity contribution in [3.8, 4) is 0 Å². The third-order valence-electron chi connectivity index (χ3n) is 3.55. The molecule has 6 heteroatoms. The van der Waals surface area contributed by atoms with Crippen LogP contribution in [0.5, 0.6) is 0 Å². The van der Waals surface area contributed by atoms with Gasteiger partial charge in [0, 0.05) is 19.2 Å². The summed E-state index contributed by atoms with van der Waals surface area (Å²) in [5, 5.41) is 10.9. The van der Waals surface area contributed by atoms with E-state index < -0.39 is 4.92 Å². The first-order valence-electron chi connectivity index (χ1n) is 6.83. The third-order valence-corrected chi connectivity index (χ3v) is 4.38. The number of hydrogen-bond acceptors (Lipinski definition) is 3. The monoisotopic (exact) mass is 340 g/mol. The molecule has 0 spiro atoms. The normalized spacial score (nSPS) is 16.4. The van der Waals surface area contributed by atoms with E-state index in [1.807, 2.05) is 4.90 Å². The molecular weight excluding hydrogens is 324 g/mol. The summed E-state index contributed by atoms with van der Waals surface area (Å²) in [5.41, 5.74) is 0.308. The van der Waals surface area contributed by atoms with Crippen molar-refractivity contribution in [3.05, 3.63) is 38.3 Å². The van der Waals surface area contributed by atoms with Gasteiger partial charge in [-0.1, -0.05) is 25.3 Å². The van der Waals surface area contributed by atoms with Crippen LogP contribution in [0, 0.1) is 10.1 Å². The predicted octanol–water partition coefficient (Wildman–Crippen LogP) is 3.76. The van der Waals surface area contributed by atoms with Gasteiger partial charge in [0.15, 0.2) is 0 Å². The minimum atomic E-state index is -0.478. The van der Waals surface area contributed by atoms with Gasteiger partial charge in [-0.25, -0.2) is 0 Å². The highest BCUT2D eigenvalue weighted by atomic mass is 79.9. The molecule has 2 rings (SSSR count). The van der Waals surface area contributed by atoms with Crippen LogP contribution in [0.2, 0.25) is 0 Å². The quantitative estimate of drug-likeness (QED) is 0.608. The highest BCUT2D eigenvalue weighted by Crippen LogP contribution is 2.29. The Balaban J connectivity index is 2.23. The van der Waals surface area contributed by atoms with E-state index in [-0.39, 0.29) is 16.1 Å². The van der Waals surface area contributed by atoms with Gasteiger partial charge in [-0.2, -0.15) is 0 Å². The number of amides is 1. The molecule has 1 aromatic carbocycles. The van der Waals surface area contributed by atoms with Gasteiger partial charge < -0.3 is 4.90 Å². The van der Waals surface area contributed by atoms with Crippen molar-refractivity contribution < 1.29 is 9.72 Å². The number of carbonyl (C=O) groups is 1. The van der Waals surface area contributed by atoms with Crippen LogP contribution in [0.15, 0.2) is 22.7 Å². The van der Waals surface area contributed by atoms with Crippen molar-refractivity contribution >= 4 is 27.5 Å². The second-order valence-electron chi connectivity index (χ2n) is 4.96. The maximum atomic E-state index is 12.5. The Labute approximate surface area is 126 Å². The predicted molar refractivity (Wildman–Crippen MR) is 79.8 cm³/mol. The van der Waals surface area contributed by atoms with Gasteiger partial charge in [0.05, 0.1) is 10.5 Å². The number of likely N-dealkylation sites (tertiary alicyclic amines) is 1. The molecule has 0 N–H and O–H groups in total. The van der Waals surface area contributed by atoms with Crippen LogP contribution >= 0.6 is 15.9 Å². The first-order valence-corrected chi connectivity index (χ1v) is 7.62. The van der Waals surface area contributed by atoms with Crippen molar-refractivity contribution in [2.75, 3.05) is 13.1 Å². The molecule has 1 saturated heterocycles. The lowest BCUT2D eigenvalue weighted by atomic mass is 10.1. The zero-order valence-electron chi connectivity index (χ0n) is 11.2. The first-order chi connectivity index (χ1) is 9.61. The van der Waals surface area contributed by atoms with Gasteiger partial charge in [-0.3, -0.25) is 14.9 Å². The van der Waals surface area contributed by atoms with Crippen LogP contribution in [0.1, 0.15) is 42.5 Å². The minimum Gasteiger partial charge on any atom is -0.339 e. The average molecular weight is 341 g/mol. The lowest BCUT2D eigenvalue weighted by molar-refractivity contribution is -0.385. The number of nitro groups is 1. The molecule has 20 heavy (non-hydrogen) atoms. The number of benzene rings is 1. The molecule has 1 amide bonds. The maximum absolute atomic E-state index is 12.5. The summed E-state index contributed by atoms with van der Waals surface area (Å²) in [5.74, 6) is -0.123. The summed E-state index contributed by atoms with van der Waals surface area (Å²) < 4.78 is 0.275. The van der Waals surface area contributed by atoms with E-state index in [9.17, 15) is 14.9 Å². The first kappa shape index (κ1) is 15.0. The lowest BCUT2D eigenvalue weighted by Crippen LogP contribution is -2.34. The van der Waals surface area contributed by atoms with Crippen LogP contribution < -0.4 is 0 Å². The molecule has 0 saturated carbocycles. The fraction of sp³-hybridized carbons (Fsp3) is 0.500. The fourth-order valence-corrected chi connectivity index (χ4v) is 3.03. The van der Waals surface area contributed by atoms with Gasteiger partial charge in [0.25, 0.3) is 11.6 Å².